The summed E-state index contributed by atoms with van der Waals surface area (Å²) in [4.78, 5) is 1.34. The summed E-state index contributed by atoms with van der Waals surface area (Å²) in [7, 11) is 1.75. The first-order valence-electron chi connectivity index (χ1n) is 5.90. The highest BCUT2D eigenvalue weighted by molar-refractivity contribution is 7.07. The van der Waals surface area contributed by atoms with E-state index < -0.39 is 0 Å². The Hall–Kier alpha value is -0.970. The van der Waals surface area contributed by atoms with Crippen molar-refractivity contribution >= 4 is 22.4 Å². The largest absolute Gasteiger partial charge is 0.383 e. The summed E-state index contributed by atoms with van der Waals surface area (Å²) >= 11 is 1.60. The van der Waals surface area contributed by atoms with Gasteiger partial charge in [0.05, 0.1) is 12.1 Å². The molecular weight excluding hydrogens is 232 g/mol. The molecule has 17 heavy (non-hydrogen) atoms. The Morgan fingerprint density at radius 3 is 3.00 bits per heavy atom. The van der Waals surface area contributed by atoms with Gasteiger partial charge in [-0.3, -0.25) is 0 Å². The zero-order valence-electron chi connectivity index (χ0n) is 10.3. The van der Waals surface area contributed by atoms with Crippen LogP contribution in [0.25, 0.3) is 10.9 Å². The fourth-order valence-corrected chi connectivity index (χ4v) is 2.91. The van der Waals surface area contributed by atoms with Crippen molar-refractivity contribution in [3.05, 3.63) is 29.1 Å². The maximum absolute atomic E-state index is 5.24. The van der Waals surface area contributed by atoms with Crippen molar-refractivity contribution in [1.82, 2.24) is 9.69 Å². The molecule has 3 nitrogen and oxygen atoms in total. The van der Waals surface area contributed by atoms with E-state index in [0.29, 0.717) is 6.04 Å². The number of rotatable bonds is 6. The number of nitrogens with one attached hydrogen (secondary N) is 1. The second kappa shape index (κ2) is 6.10. The summed E-state index contributed by atoms with van der Waals surface area (Å²) < 4.78 is 9.70. The number of likely N-dealkylation sites (N-methyl/N-ethyl adjacent to an activating group) is 1. The summed E-state index contributed by atoms with van der Waals surface area (Å²) in [5, 5.41) is 4.71. The lowest BCUT2D eigenvalue weighted by Gasteiger charge is -2.15. The number of benzene rings is 1. The number of methoxy groups -OCH3 is 1. The molecule has 1 unspecified atom stereocenters. The van der Waals surface area contributed by atoms with Gasteiger partial charge in [-0.05, 0) is 24.1 Å². The van der Waals surface area contributed by atoms with Crippen molar-refractivity contribution in [3.63, 3.8) is 0 Å². The number of hydrogen-bond donors (Lipinski definition) is 1. The summed E-state index contributed by atoms with van der Waals surface area (Å²) in [5.74, 6) is 0. The molecule has 0 amide bonds. The monoisotopic (exact) mass is 250 g/mol. The van der Waals surface area contributed by atoms with Crippen LogP contribution in [0.1, 0.15) is 11.8 Å². The van der Waals surface area contributed by atoms with Crippen LogP contribution < -0.4 is 5.32 Å². The molecule has 0 aliphatic rings. The zero-order chi connectivity index (χ0) is 12.1. The molecule has 0 bridgehead atoms. The van der Waals surface area contributed by atoms with Gasteiger partial charge in [-0.2, -0.15) is 4.37 Å². The zero-order valence-corrected chi connectivity index (χ0v) is 11.1. The van der Waals surface area contributed by atoms with E-state index in [4.69, 9.17) is 4.74 Å². The standard InChI is InChI=1S/C13H18N2OS/c1-3-14-10(9-16-2)8-13-11-6-4-5-7-12(11)15-17-13/h4-7,10,14H,3,8-9H2,1-2H3. The van der Waals surface area contributed by atoms with Crippen LogP contribution in [0.5, 0.6) is 0 Å². The topological polar surface area (TPSA) is 34.1 Å². The number of hydrogen-bond acceptors (Lipinski definition) is 4. The van der Waals surface area contributed by atoms with Gasteiger partial charge < -0.3 is 10.1 Å². The third-order valence-corrected chi connectivity index (χ3v) is 3.65. The molecule has 0 saturated carbocycles. The van der Waals surface area contributed by atoms with Gasteiger partial charge in [-0.1, -0.05) is 25.1 Å². The van der Waals surface area contributed by atoms with E-state index >= 15 is 0 Å². The van der Waals surface area contributed by atoms with Crippen molar-refractivity contribution < 1.29 is 4.74 Å². The van der Waals surface area contributed by atoms with E-state index in [1.807, 2.05) is 6.07 Å². The summed E-state index contributed by atoms with van der Waals surface area (Å²) in [6.45, 7) is 3.82. The second-order valence-corrected chi connectivity index (χ2v) is 4.89. The molecule has 1 heterocycles. The van der Waals surface area contributed by atoms with Crippen LogP contribution in [0.3, 0.4) is 0 Å². The molecule has 1 atom stereocenters. The van der Waals surface area contributed by atoms with Crippen molar-refractivity contribution in [2.75, 3.05) is 20.3 Å². The Balaban J connectivity index is 2.15. The highest BCUT2D eigenvalue weighted by Crippen LogP contribution is 2.23. The minimum atomic E-state index is 0.369. The maximum atomic E-state index is 5.24. The first-order valence-corrected chi connectivity index (χ1v) is 6.68. The molecule has 1 N–H and O–H groups in total. The summed E-state index contributed by atoms with van der Waals surface area (Å²) in [6.07, 6.45) is 0.979. The van der Waals surface area contributed by atoms with E-state index in [1.165, 1.54) is 10.3 Å². The average Bonchev–Trinajstić information content (AvgIpc) is 2.74. The van der Waals surface area contributed by atoms with Crippen LogP contribution in [0.15, 0.2) is 24.3 Å². The van der Waals surface area contributed by atoms with E-state index in [2.05, 4.69) is 34.8 Å². The van der Waals surface area contributed by atoms with Crippen molar-refractivity contribution in [3.8, 4) is 0 Å². The highest BCUT2D eigenvalue weighted by atomic mass is 32.1. The molecule has 1 aromatic carbocycles. The molecule has 92 valence electrons. The third kappa shape index (κ3) is 3.03. The molecule has 0 aliphatic carbocycles. The van der Waals surface area contributed by atoms with Crippen molar-refractivity contribution in [1.29, 1.82) is 0 Å². The molecule has 0 fully saturated rings. The number of ether oxygens (including phenoxy) is 1. The molecule has 2 aromatic rings. The Labute approximate surface area is 106 Å². The van der Waals surface area contributed by atoms with Crippen molar-refractivity contribution in [2.24, 2.45) is 0 Å². The van der Waals surface area contributed by atoms with Crippen LogP contribution >= 0.6 is 11.5 Å². The van der Waals surface area contributed by atoms with Crippen LogP contribution in [0.4, 0.5) is 0 Å². The lowest BCUT2D eigenvalue weighted by atomic mass is 10.1. The molecule has 2 rings (SSSR count). The Morgan fingerprint density at radius 2 is 2.24 bits per heavy atom. The van der Waals surface area contributed by atoms with E-state index in [0.717, 1.165) is 25.1 Å². The van der Waals surface area contributed by atoms with E-state index in [9.17, 15) is 0 Å². The molecule has 0 saturated heterocycles. The number of nitrogens with zero attached hydrogens (tertiary/aromatic N) is 1. The molecule has 0 radical (unpaired) electrons. The molecule has 4 heteroatoms. The lowest BCUT2D eigenvalue weighted by molar-refractivity contribution is 0.167. The van der Waals surface area contributed by atoms with Gasteiger partial charge in [0.1, 0.15) is 0 Å². The summed E-state index contributed by atoms with van der Waals surface area (Å²) in [6, 6.07) is 8.67. The van der Waals surface area contributed by atoms with E-state index in [-0.39, 0.29) is 0 Å². The normalized spacial score (nSPS) is 13.1. The van der Waals surface area contributed by atoms with Gasteiger partial charge in [-0.25, -0.2) is 0 Å². The minimum Gasteiger partial charge on any atom is -0.383 e. The fraction of sp³-hybridized carbons (Fsp3) is 0.462. The maximum Gasteiger partial charge on any atom is 0.0843 e. The third-order valence-electron chi connectivity index (χ3n) is 2.75. The smallest absolute Gasteiger partial charge is 0.0843 e. The predicted molar refractivity (Wildman–Crippen MR) is 72.7 cm³/mol. The molecule has 1 aromatic heterocycles. The molecule has 0 spiro atoms. The highest BCUT2D eigenvalue weighted by Gasteiger charge is 2.12. The molecular formula is C13H18N2OS. The van der Waals surface area contributed by atoms with Gasteiger partial charge >= 0.3 is 0 Å². The molecule has 0 aliphatic heterocycles. The Bertz CT molecular complexity index is 463. The predicted octanol–water partition coefficient (Wildman–Crippen LogP) is 2.46. The Morgan fingerprint density at radius 1 is 1.41 bits per heavy atom. The quantitative estimate of drug-likeness (QED) is 0.855. The SMILES string of the molecule is CCNC(COC)Cc1snc2ccccc12. The van der Waals surface area contributed by atoms with Gasteiger partial charge in [0.15, 0.2) is 0 Å². The second-order valence-electron chi connectivity index (χ2n) is 4.04. The van der Waals surface area contributed by atoms with Gasteiger partial charge in [0.25, 0.3) is 0 Å². The summed E-state index contributed by atoms with van der Waals surface area (Å²) in [5.41, 5.74) is 1.10. The lowest BCUT2D eigenvalue weighted by Crippen LogP contribution is -2.34. The fourth-order valence-electron chi connectivity index (χ4n) is 1.99. The van der Waals surface area contributed by atoms with Gasteiger partial charge in [-0.15, -0.1) is 0 Å². The van der Waals surface area contributed by atoms with Crippen LogP contribution in [0, 0.1) is 0 Å². The van der Waals surface area contributed by atoms with Gasteiger partial charge in [0, 0.05) is 29.8 Å². The number of aromatic nitrogens is 1. The number of fused-ring (bicyclic) bond motifs is 1. The van der Waals surface area contributed by atoms with E-state index in [1.54, 1.807) is 18.6 Å². The average molecular weight is 250 g/mol. The Kier molecular flexibility index (Phi) is 4.48. The minimum absolute atomic E-state index is 0.369. The van der Waals surface area contributed by atoms with Gasteiger partial charge in [0.2, 0.25) is 0 Å². The van der Waals surface area contributed by atoms with Crippen LogP contribution in [-0.2, 0) is 11.2 Å². The first kappa shape index (κ1) is 12.5. The van der Waals surface area contributed by atoms with Crippen LogP contribution in [-0.4, -0.2) is 30.7 Å². The first-order chi connectivity index (χ1) is 8.35. The van der Waals surface area contributed by atoms with Crippen LogP contribution in [0.2, 0.25) is 0 Å². The van der Waals surface area contributed by atoms with Crippen molar-refractivity contribution in [2.45, 2.75) is 19.4 Å².